The van der Waals surface area contributed by atoms with Gasteiger partial charge in [0.1, 0.15) is 5.75 Å². The van der Waals surface area contributed by atoms with Crippen molar-refractivity contribution in [1.82, 2.24) is 4.90 Å². The Morgan fingerprint density at radius 2 is 1.70 bits per heavy atom. The predicted molar refractivity (Wildman–Crippen MR) is 123 cm³/mol. The Morgan fingerprint density at radius 3 is 2.30 bits per heavy atom. The first-order chi connectivity index (χ1) is 14.3. The van der Waals surface area contributed by atoms with Gasteiger partial charge >= 0.3 is 5.97 Å². The van der Waals surface area contributed by atoms with Crippen LogP contribution < -0.4 is 0 Å². The number of rotatable bonds is 11. The van der Waals surface area contributed by atoms with Gasteiger partial charge in [0.25, 0.3) is 0 Å². The quantitative estimate of drug-likeness (QED) is 0.494. The van der Waals surface area contributed by atoms with Crippen molar-refractivity contribution in [3.8, 4) is 5.75 Å². The van der Waals surface area contributed by atoms with Gasteiger partial charge in [-0.25, -0.2) is 0 Å². The maximum absolute atomic E-state index is 11.8. The van der Waals surface area contributed by atoms with Gasteiger partial charge in [0.2, 0.25) is 0 Å². The van der Waals surface area contributed by atoms with E-state index in [0.29, 0.717) is 37.3 Å². The predicted octanol–water partition coefficient (Wildman–Crippen LogP) is 5.53. The molecule has 4 heteroatoms. The molecule has 0 heterocycles. The molecule has 1 N–H and O–H groups in total. The summed E-state index contributed by atoms with van der Waals surface area (Å²) in [5.74, 6) is 0.217. The van der Waals surface area contributed by atoms with Gasteiger partial charge in [-0.2, -0.15) is 0 Å². The van der Waals surface area contributed by atoms with E-state index in [1.54, 1.807) is 6.07 Å². The first-order valence-corrected chi connectivity index (χ1v) is 11.1. The summed E-state index contributed by atoms with van der Waals surface area (Å²) in [7, 11) is 0. The topological polar surface area (TPSA) is 49.8 Å². The molecule has 2 rings (SSSR count). The van der Waals surface area contributed by atoms with Gasteiger partial charge in [0.15, 0.2) is 0 Å². The summed E-state index contributed by atoms with van der Waals surface area (Å²) in [6.07, 6.45) is 1.87. The summed E-state index contributed by atoms with van der Waals surface area (Å²) in [5, 5.41) is 10.7. The van der Waals surface area contributed by atoms with Crippen molar-refractivity contribution in [2.45, 2.75) is 71.9 Å². The lowest BCUT2D eigenvalue weighted by atomic mass is 9.86. The summed E-state index contributed by atoms with van der Waals surface area (Å²) in [6, 6.07) is 17.0. The zero-order chi connectivity index (χ0) is 22.1. The monoisotopic (exact) mass is 411 g/mol. The number of hydrogen-bond donors (Lipinski definition) is 1. The molecule has 0 aliphatic carbocycles. The molecule has 164 valence electrons. The van der Waals surface area contributed by atoms with Crippen LogP contribution in [0.4, 0.5) is 0 Å². The lowest BCUT2D eigenvalue weighted by molar-refractivity contribution is -0.143. The minimum atomic E-state index is -0.184. The molecule has 0 aliphatic heterocycles. The smallest absolute Gasteiger partial charge is 0.306 e. The fraction of sp³-hybridized carbons (Fsp3) is 0.500. The van der Waals surface area contributed by atoms with Gasteiger partial charge in [-0.05, 0) is 71.2 Å². The zero-order valence-corrected chi connectivity index (χ0v) is 19.1. The molecule has 1 unspecified atom stereocenters. The Balaban J connectivity index is 2.29. The van der Waals surface area contributed by atoms with Crippen LogP contribution >= 0.6 is 0 Å². The molecular weight excluding hydrogens is 374 g/mol. The third-order valence-corrected chi connectivity index (χ3v) is 5.59. The van der Waals surface area contributed by atoms with E-state index in [-0.39, 0.29) is 11.9 Å². The second-order valence-electron chi connectivity index (χ2n) is 8.38. The van der Waals surface area contributed by atoms with Crippen LogP contribution in [0.2, 0.25) is 0 Å². The highest BCUT2D eigenvalue weighted by molar-refractivity contribution is 5.69. The fourth-order valence-electron chi connectivity index (χ4n) is 4.10. The molecule has 0 saturated heterocycles. The molecule has 0 saturated carbocycles. The molecule has 2 aromatic carbocycles. The van der Waals surface area contributed by atoms with Crippen molar-refractivity contribution >= 4 is 5.97 Å². The standard InChI is InChI=1S/C26H37NO3/c1-6-30-26(29)15-13-21-12-14-25(28)24(18-21)23(22-10-8-7-9-11-22)16-17-27(19(2)3)20(4)5/h7-12,14,18-20,23,28H,6,13,15-17H2,1-5H3. The number of ether oxygens (including phenoxy) is 1. The lowest BCUT2D eigenvalue weighted by Crippen LogP contribution is -2.38. The Labute approximate surface area is 181 Å². The molecule has 30 heavy (non-hydrogen) atoms. The molecule has 0 aromatic heterocycles. The van der Waals surface area contributed by atoms with Crippen molar-refractivity contribution in [3.63, 3.8) is 0 Å². The number of phenolic OH excluding ortho intramolecular Hbond substituents is 1. The maximum Gasteiger partial charge on any atom is 0.306 e. The average Bonchev–Trinajstić information content (AvgIpc) is 2.71. The Hall–Kier alpha value is -2.33. The fourth-order valence-corrected chi connectivity index (χ4v) is 4.10. The summed E-state index contributed by atoms with van der Waals surface area (Å²) in [6.45, 7) is 12.1. The normalized spacial score (nSPS) is 12.5. The van der Waals surface area contributed by atoms with Crippen LogP contribution in [0.3, 0.4) is 0 Å². The van der Waals surface area contributed by atoms with Gasteiger partial charge in [-0.15, -0.1) is 0 Å². The second kappa shape index (κ2) is 11.8. The number of phenols is 1. The Kier molecular flexibility index (Phi) is 9.38. The molecule has 0 amide bonds. The molecule has 0 radical (unpaired) electrons. The van der Waals surface area contributed by atoms with Crippen LogP contribution in [-0.2, 0) is 16.0 Å². The minimum Gasteiger partial charge on any atom is -0.508 e. The highest BCUT2D eigenvalue weighted by atomic mass is 16.5. The Bertz CT molecular complexity index is 778. The van der Waals surface area contributed by atoms with E-state index < -0.39 is 0 Å². The van der Waals surface area contributed by atoms with E-state index >= 15 is 0 Å². The summed E-state index contributed by atoms with van der Waals surface area (Å²) < 4.78 is 5.05. The van der Waals surface area contributed by atoms with Crippen LogP contribution in [0.15, 0.2) is 48.5 Å². The number of esters is 1. The summed E-state index contributed by atoms with van der Waals surface area (Å²) in [4.78, 5) is 14.2. The third-order valence-electron chi connectivity index (χ3n) is 5.59. The number of nitrogens with zero attached hydrogens (tertiary/aromatic N) is 1. The highest BCUT2D eigenvalue weighted by Gasteiger charge is 2.21. The summed E-state index contributed by atoms with van der Waals surface area (Å²) in [5.41, 5.74) is 3.17. The molecule has 0 aliphatic rings. The molecule has 2 aromatic rings. The number of hydrogen-bond acceptors (Lipinski definition) is 4. The number of aromatic hydroxyl groups is 1. The van der Waals surface area contributed by atoms with Gasteiger partial charge in [-0.3, -0.25) is 9.69 Å². The second-order valence-corrected chi connectivity index (χ2v) is 8.38. The van der Waals surface area contributed by atoms with E-state index in [9.17, 15) is 9.90 Å². The third kappa shape index (κ3) is 6.88. The first kappa shape index (κ1) is 23.9. The first-order valence-electron chi connectivity index (χ1n) is 11.1. The number of carbonyl (C=O) groups is 1. The molecule has 0 bridgehead atoms. The van der Waals surface area contributed by atoms with E-state index in [0.717, 1.165) is 24.1 Å². The average molecular weight is 412 g/mol. The Morgan fingerprint density at radius 1 is 1.03 bits per heavy atom. The summed E-state index contributed by atoms with van der Waals surface area (Å²) >= 11 is 0. The minimum absolute atomic E-state index is 0.0914. The van der Waals surface area contributed by atoms with Crippen LogP contribution in [0.25, 0.3) is 0 Å². The van der Waals surface area contributed by atoms with Crippen LogP contribution in [0.5, 0.6) is 5.75 Å². The van der Waals surface area contributed by atoms with Gasteiger partial charge < -0.3 is 9.84 Å². The maximum atomic E-state index is 11.8. The van der Waals surface area contributed by atoms with E-state index in [4.69, 9.17) is 4.74 Å². The van der Waals surface area contributed by atoms with Gasteiger partial charge in [-0.1, -0.05) is 42.5 Å². The van der Waals surface area contributed by atoms with Crippen molar-refractivity contribution in [2.24, 2.45) is 0 Å². The molecule has 4 nitrogen and oxygen atoms in total. The van der Waals surface area contributed by atoms with E-state index in [1.165, 1.54) is 5.56 Å². The van der Waals surface area contributed by atoms with Gasteiger partial charge in [0.05, 0.1) is 6.61 Å². The molecule has 0 spiro atoms. The number of aryl methyl sites for hydroxylation is 1. The number of carbonyl (C=O) groups excluding carboxylic acids is 1. The van der Waals surface area contributed by atoms with Crippen molar-refractivity contribution < 1.29 is 14.6 Å². The van der Waals surface area contributed by atoms with Crippen LogP contribution in [0.1, 0.15) is 70.1 Å². The zero-order valence-electron chi connectivity index (χ0n) is 19.1. The molecule has 1 atom stereocenters. The number of benzene rings is 2. The van der Waals surface area contributed by atoms with Crippen molar-refractivity contribution in [1.29, 1.82) is 0 Å². The van der Waals surface area contributed by atoms with Crippen LogP contribution in [0, 0.1) is 0 Å². The van der Waals surface area contributed by atoms with Crippen LogP contribution in [-0.4, -0.2) is 41.2 Å². The largest absolute Gasteiger partial charge is 0.508 e. The van der Waals surface area contributed by atoms with E-state index in [1.807, 2.05) is 31.2 Å². The highest BCUT2D eigenvalue weighted by Crippen LogP contribution is 2.35. The molecular formula is C26H37NO3. The van der Waals surface area contributed by atoms with Gasteiger partial charge in [0, 0.05) is 30.0 Å². The molecule has 0 fully saturated rings. The lowest BCUT2D eigenvalue weighted by Gasteiger charge is -2.32. The van der Waals surface area contributed by atoms with E-state index in [2.05, 4.69) is 50.8 Å². The van der Waals surface area contributed by atoms with Crippen molar-refractivity contribution in [3.05, 3.63) is 65.2 Å². The SMILES string of the molecule is CCOC(=O)CCc1ccc(O)c(C(CCN(C(C)C)C(C)C)c2ccccc2)c1. The van der Waals surface area contributed by atoms with Crippen molar-refractivity contribution in [2.75, 3.05) is 13.2 Å².